The third-order valence-electron chi connectivity index (χ3n) is 5.98. The van der Waals surface area contributed by atoms with E-state index in [2.05, 4.69) is 27.5 Å². The quantitative estimate of drug-likeness (QED) is 0.467. The van der Waals surface area contributed by atoms with Crippen molar-refractivity contribution in [2.24, 2.45) is 0 Å². The fraction of sp³-hybridized carbons (Fsp3) is 0.348. The van der Waals surface area contributed by atoms with Crippen LogP contribution in [0.4, 0.5) is 0 Å². The molecule has 0 unspecified atom stereocenters. The van der Waals surface area contributed by atoms with E-state index in [0.29, 0.717) is 38.8 Å². The van der Waals surface area contributed by atoms with Crippen molar-refractivity contribution in [1.82, 2.24) is 4.90 Å². The minimum absolute atomic E-state index is 0.00945. The van der Waals surface area contributed by atoms with Crippen LogP contribution < -0.4 is 14.9 Å². The van der Waals surface area contributed by atoms with Gasteiger partial charge in [0.25, 0.3) is 0 Å². The van der Waals surface area contributed by atoms with Crippen molar-refractivity contribution in [3.8, 4) is 22.8 Å². The van der Waals surface area contributed by atoms with Gasteiger partial charge in [-0.25, -0.2) is 0 Å². The fourth-order valence-electron chi connectivity index (χ4n) is 4.41. The molecule has 8 heteroatoms. The molecular formula is C23H23ClINO5. The van der Waals surface area contributed by atoms with Crippen molar-refractivity contribution >= 4 is 45.2 Å². The summed E-state index contributed by atoms with van der Waals surface area (Å²) in [4.78, 5) is 15.4. The molecule has 1 aliphatic heterocycles. The number of methoxy groups -OCH3 is 2. The Kier molecular flexibility index (Phi) is 6.48. The Morgan fingerprint density at radius 2 is 1.97 bits per heavy atom. The van der Waals surface area contributed by atoms with Gasteiger partial charge in [0.1, 0.15) is 28.2 Å². The second-order valence-corrected chi connectivity index (χ2v) is 9.28. The summed E-state index contributed by atoms with van der Waals surface area (Å²) in [5.74, 6) is 1.27. The van der Waals surface area contributed by atoms with Crippen LogP contribution in [-0.2, 0) is 0 Å². The summed E-state index contributed by atoms with van der Waals surface area (Å²) in [6.45, 7) is 0.809. The number of aliphatic hydroxyl groups excluding tert-OH is 1. The largest absolute Gasteiger partial charge is 0.496 e. The molecule has 2 atom stereocenters. The third kappa shape index (κ3) is 3.92. The van der Waals surface area contributed by atoms with E-state index in [-0.39, 0.29) is 24.0 Å². The summed E-state index contributed by atoms with van der Waals surface area (Å²) in [6, 6.07) is 8.61. The van der Waals surface area contributed by atoms with E-state index in [4.69, 9.17) is 25.5 Å². The minimum atomic E-state index is -0.223. The van der Waals surface area contributed by atoms with Crippen molar-refractivity contribution in [3.05, 3.63) is 54.7 Å². The van der Waals surface area contributed by atoms with Crippen LogP contribution in [0.15, 0.2) is 39.5 Å². The Hall–Kier alpha value is -1.81. The van der Waals surface area contributed by atoms with Gasteiger partial charge in [-0.1, -0.05) is 11.6 Å². The number of ether oxygens (including phenoxy) is 2. The molecule has 164 valence electrons. The number of fused-ring (bicyclic) bond motifs is 1. The van der Waals surface area contributed by atoms with Gasteiger partial charge in [-0.2, -0.15) is 0 Å². The van der Waals surface area contributed by atoms with Gasteiger partial charge < -0.3 is 23.9 Å². The Bertz CT molecular complexity index is 1190. The standard InChI is InChI=1S/C23H23ClINO5/c1-26-7-6-13(16(26)11-27)21-19(29-2)10-20(30-3)22-17(28)9-18(31-23(21)22)14-8-12(25)4-5-15(14)24/h4-5,8-10,13,16,27H,6-7,11H2,1-3H3/t13-,16+/m0/s1. The molecule has 2 heterocycles. The summed E-state index contributed by atoms with van der Waals surface area (Å²) in [6.07, 6.45) is 0.803. The highest BCUT2D eigenvalue weighted by Crippen LogP contribution is 2.45. The van der Waals surface area contributed by atoms with E-state index in [9.17, 15) is 9.90 Å². The molecule has 0 amide bonds. The van der Waals surface area contributed by atoms with Gasteiger partial charge in [-0.15, -0.1) is 0 Å². The Morgan fingerprint density at radius 3 is 2.65 bits per heavy atom. The van der Waals surface area contributed by atoms with Gasteiger partial charge in [0.05, 0.1) is 25.8 Å². The molecule has 1 aliphatic rings. The molecule has 0 bridgehead atoms. The van der Waals surface area contributed by atoms with Crippen LogP contribution in [0.25, 0.3) is 22.3 Å². The smallest absolute Gasteiger partial charge is 0.197 e. The molecule has 1 aromatic heterocycles. The van der Waals surface area contributed by atoms with E-state index in [0.717, 1.165) is 22.1 Å². The highest BCUT2D eigenvalue weighted by atomic mass is 127. The first-order valence-electron chi connectivity index (χ1n) is 9.88. The van der Waals surface area contributed by atoms with Crippen molar-refractivity contribution in [2.45, 2.75) is 18.4 Å². The number of rotatable bonds is 5. The molecule has 31 heavy (non-hydrogen) atoms. The fourth-order valence-corrected chi connectivity index (χ4v) is 5.11. The number of hydrogen-bond donors (Lipinski definition) is 1. The molecule has 0 saturated carbocycles. The van der Waals surface area contributed by atoms with E-state index in [1.807, 2.05) is 19.2 Å². The SMILES string of the molecule is COc1cc(OC)c2c(=O)cc(-c3cc(I)ccc3Cl)oc2c1[C@H]1CCN(C)[C@@H]1CO. The maximum absolute atomic E-state index is 13.2. The van der Waals surface area contributed by atoms with Gasteiger partial charge in [0, 0.05) is 38.8 Å². The van der Waals surface area contributed by atoms with Crippen LogP contribution in [0, 0.1) is 3.57 Å². The monoisotopic (exact) mass is 555 g/mol. The topological polar surface area (TPSA) is 72.1 Å². The lowest BCUT2D eigenvalue weighted by Crippen LogP contribution is -2.32. The number of likely N-dealkylation sites (tertiary alicyclic amines) is 1. The lowest BCUT2D eigenvalue weighted by Gasteiger charge is -2.25. The maximum Gasteiger partial charge on any atom is 0.197 e. The van der Waals surface area contributed by atoms with E-state index in [1.54, 1.807) is 19.2 Å². The van der Waals surface area contributed by atoms with Crippen molar-refractivity contribution in [2.75, 3.05) is 34.4 Å². The van der Waals surface area contributed by atoms with Crippen molar-refractivity contribution in [1.29, 1.82) is 0 Å². The molecular weight excluding hydrogens is 533 g/mol. The predicted octanol–water partition coefficient (Wildman–Crippen LogP) is 4.52. The molecule has 1 fully saturated rings. The molecule has 0 spiro atoms. The minimum Gasteiger partial charge on any atom is -0.496 e. The van der Waals surface area contributed by atoms with Gasteiger partial charge in [-0.05, 0) is 60.8 Å². The Morgan fingerprint density at radius 1 is 1.23 bits per heavy atom. The van der Waals surface area contributed by atoms with Crippen LogP contribution in [0.5, 0.6) is 11.5 Å². The normalized spacial score (nSPS) is 19.2. The molecule has 1 saturated heterocycles. The number of nitrogens with zero attached hydrogens (tertiary/aromatic N) is 1. The molecule has 6 nitrogen and oxygen atoms in total. The molecule has 0 aliphatic carbocycles. The molecule has 4 rings (SSSR count). The number of hydrogen-bond acceptors (Lipinski definition) is 6. The van der Waals surface area contributed by atoms with Gasteiger partial charge in [-0.3, -0.25) is 4.79 Å². The first-order valence-corrected chi connectivity index (χ1v) is 11.3. The van der Waals surface area contributed by atoms with Gasteiger partial charge >= 0.3 is 0 Å². The van der Waals surface area contributed by atoms with Crippen LogP contribution in [0.1, 0.15) is 17.9 Å². The average Bonchev–Trinajstić information content (AvgIpc) is 3.13. The second kappa shape index (κ2) is 8.97. The number of halogens is 2. The average molecular weight is 556 g/mol. The van der Waals surface area contributed by atoms with Crippen molar-refractivity contribution in [3.63, 3.8) is 0 Å². The summed E-state index contributed by atoms with van der Waals surface area (Å²) in [7, 11) is 5.07. The maximum atomic E-state index is 13.2. The van der Waals surface area contributed by atoms with Crippen LogP contribution in [0.2, 0.25) is 5.02 Å². The molecule has 3 aromatic rings. The molecule has 1 N–H and O–H groups in total. The summed E-state index contributed by atoms with van der Waals surface area (Å²) in [5.41, 5.74) is 1.59. The first-order chi connectivity index (χ1) is 14.9. The second-order valence-electron chi connectivity index (χ2n) is 7.62. The Balaban J connectivity index is 2.07. The van der Waals surface area contributed by atoms with Crippen LogP contribution in [0.3, 0.4) is 0 Å². The number of likely N-dealkylation sites (N-methyl/N-ethyl adjacent to an activating group) is 1. The Labute approximate surface area is 198 Å². The van der Waals surface area contributed by atoms with Gasteiger partial charge in [0.15, 0.2) is 5.43 Å². The number of benzene rings is 2. The van der Waals surface area contributed by atoms with Crippen LogP contribution >= 0.6 is 34.2 Å². The summed E-state index contributed by atoms with van der Waals surface area (Å²) in [5, 5.41) is 10.9. The lowest BCUT2D eigenvalue weighted by molar-refractivity contribution is 0.171. The van der Waals surface area contributed by atoms with Crippen LogP contribution in [-0.4, -0.2) is 50.5 Å². The third-order valence-corrected chi connectivity index (χ3v) is 6.98. The molecule has 2 aromatic carbocycles. The number of aliphatic hydroxyl groups is 1. The van der Waals surface area contributed by atoms with Crippen molar-refractivity contribution < 1.29 is 19.0 Å². The summed E-state index contributed by atoms with van der Waals surface area (Å²) >= 11 is 8.62. The van der Waals surface area contributed by atoms with E-state index in [1.165, 1.54) is 13.2 Å². The zero-order valence-corrected chi connectivity index (χ0v) is 20.4. The highest BCUT2D eigenvalue weighted by molar-refractivity contribution is 14.1. The predicted molar refractivity (Wildman–Crippen MR) is 130 cm³/mol. The van der Waals surface area contributed by atoms with Gasteiger partial charge in [0.2, 0.25) is 0 Å². The van der Waals surface area contributed by atoms with E-state index >= 15 is 0 Å². The first kappa shape index (κ1) is 22.4. The zero-order chi connectivity index (χ0) is 22.3. The lowest BCUT2D eigenvalue weighted by atomic mass is 9.89. The summed E-state index contributed by atoms with van der Waals surface area (Å²) < 4.78 is 18.5. The zero-order valence-electron chi connectivity index (χ0n) is 17.4. The van der Waals surface area contributed by atoms with E-state index < -0.39 is 0 Å². The highest BCUT2D eigenvalue weighted by Gasteiger charge is 2.37. The molecule has 0 radical (unpaired) electrons.